The van der Waals surface area contributed by atoms with Gasteiger partial charge in [0, 0.05) is 31.2 Å². The van der Waals surface area contributed by atoms with Gasteiger partial charge in [0.25, 0.3) is 0 Å². The van der Waals surface area contributed by atoms with Crippen molar-refractivity contribution < 1.29 is 0 Å². The van der Waals surface area contributed by atoms with Crippen LogP contribution in [0.2, 0.25) is 0 Å². The van der Waals surface area contributed by atoms with E-state index in [2.05, 4.69) is 23.6 Å². The van der Waals surface area contributed by atoms with Crippen molar-refractivity contribution in [3.8, 4) is 0 Å². The lowest BCUT2D eigenvalue weighted by Crippen LogP contribution is -2.55. The zero-order valence-electron chi connectivity index (χ0n) is 14.2. The number of nitrogens with zero attached hydrogens (tertiary/aromatic N) is 2. The first-order chi connectivity index (χ1) is 10.1. The van der Waals surface area contributed by atoms with Crippen molar-refractivity contribution >= 4 is 0 Å². The molecule has 0 amide bonds. The van der Waals surface area contributed by atoms with Crippen LogP contribution in [-0.4, -0.2) is 54.1 Å². The maximum absolute atomic E-state index is 6.28. The van der Waals surface area contributed by atoms with Crippen molar-refractivity contribution in [2.75, 3.05) is 32.7 Å². The minimum atomic E-state index is 0.333. The molecule has 1 atom stereocenters. The Labute approximate surface area is 131 Å². The molecule has 2 aliphatic heterocycles. The van der Waals surface area contributed by atoms with E-state index >= 15 is 0 Å². The average Bonchev–Trinajstić information content (AvgIpc) is 3.18. The molecule has 3 fully saturated rings. The number of likely N-dealkylation sites (tertiary alicyclic amines) is 2. The van der Waals surface area contributed by atoms with Gasteiger partial charge in [-0.05, 0) is 69.9 Å². The normalized spacial score (nSPS) is 39.4. The maximum atomic E-state index is 6.28. The fourth-order valence-electron chi connectivity index (χ4n) is 5.07. The molecule has 3 rings (SSSR count). The van der Waals surface area contributed by atoms with Crippen molar-refractivity contribution in [2.24, 2.45) is 17.6 Å². The van der Waals surface area contributed by atoms with Gasteiger partial charge in [0.1, 0.15) is 0 Å². The Bertz CT molecular complexity index is 327. The molecule has 0 bridgehead atoms. The van der Waals surface area contributed by atoms with Gasteiger partial charge in [-0.15, -0.1) is 0 Å². The van der Waals surface area contributed by atoms with Gasteiger partial charge in [-0.25, -0.2) is 0 Å². The summed E-state index contributed by atoms with van der Waals surface area (Å²) in [6.07, 6.45) is 9.64. The fraction of sp³-hybridized carbons (Fsp3) is 1.00. The van der Waals surface area contributed by atoms with Gasteiger partial charge in [0.15, 0.2) is 0 Å². The molecule has 0 aromatic rings. The highest BCUT2D eigenvalue weighted by Gasteiger charge is 2.43. The molecule has 0 spiro atoms. The number of nitrogens with two attached hydrogens (primary N) is 1. The summed E-state index contributed by atoms with van der Waals surface area (Å²) in [5.74, 6) is 1.78. The predicted molar refractivity (Wildman–Crippen MR) is 89.4 cm³/mol. The second-order valence-electron chi connectivity index (χ2n) is 8.14. The lowest BCUT2D eigenvalue weighted by molar-refractivity contribution is 0.0478. The van der Waals surface area contributed by atoms with Crippen LogP contribution in [0.3, 0.4) is 0 Å². The molecule has 1 saturated carbocycles. The molecule has 0 aromatic heterocycles. The summed E-state index contributed by atoms with van der Waals surface area (Å²) in [4.78, 5) is 5.52. The van der Waals surface area contributed by atoms with E-state index in [1.165, 1.54) is 71.1 Å². The van der Waals surface area contributed by atoms with Crippen molar-refractivity contribution in [3.05, 3.63) is 0 Å². The first kappa shape index (κ1) is 15.8. The molecule has 3 nitrogen and oxygen atoms in total. The molecule has 1 aliphatic carbocycles. The summed E-state index contributed by atoms with van der Waals surface area (Å²) >= 11 is 0. The monoisotopic (exact) mass is 293 g/mol. The lowest BCUT2D eigenvalue weighted by Gasteiger charge is -2.47. The van der Waals surface area contributed by atoms with Crippen LogP contribution >= 0.6 is 0 Å². The summed E-state index contributed by atoms with van der Waals surface area (Å²) in [7, 11) is 0. The zero-order valence-corrected chi connectivity index (χ0v) is 14.2. The van der Waals surface area contributed by atoms with E-state index in [1.54, 1.807) is 0 Å². The van der Waals surface area contributed by atoms with Crippen LogP contribution in [0.15, 0.2) is 0 Å². The summed E-state index contributed by atoms with van der Waals surface area (Å²) < 4.78 is 0. The molecule has 2 N–H and O–H groups in total. The second kappa shape index (κ2) is 6.55. The third-order valence-corrected chi connectivity index (χ3v) is 6.77. The first-order valence-electron chi connectivity index (χ1n) is 9.34. The summed E-state index contributed by atoms with van der Waals surface area (Å²) in [5, 5.41) is 0. The van der Waals surface area contributed by atoms with Gasteiger partial charge in [-0.2, -0.15) is 0 Å². The van der Waals surface area contributed by atoms with Gasteiger partial charge in [-0.1, -0.05) is 13.8 Å². The quantitative estimate of drug-likeness (QED) is 0.865. The standard InChI is InChI=1S/C18H35N3/c1-15(2)16-5-8-18(14-19,9-6-16)21-12-7-17(13-21)20-10-3-4-11-20/h15-17H,3-14,19H2,1-2H3. The van der Waals surface area contributed by atoms with Crippen molar-refractivity contribution in [1.29, 1.82) is 0 Å². The molecular weight excluding hydrogens is 258 g/mol. The molecule has 21 heavy (non-hydrogen) atoms. The molecule has 0 aromatic carbocycles. The van der Waals surface area contributed by atoms with Crippen molar-refractivity contribution in [2.45, 2.75) is 70.4 Å². The van der Waals surface area contributed by atoms with Crippen LogP contribution in [0.5, 0.6) is 0 Å². The number of hydrogen-bond acceptors (Lipinski definition) is 3. The van der Waals surface area contributed by atoms with E-state index in [0.29, 0.717) is 5.54 Å². The molecule has 2 saturated heterocycles. The maximum Gasteiger partial charge on any atom is 0.0332 e. The molecule has 3 heteroatoms. The highest BCUT2D eigenvalue weighted by molar-refractivity contribution is 5.00. The highest BCUT2D eigenvalue weighted by Crippen LogP contribution is 2.40. The third-order valence-electron chi connectivity index (χ3n) is 6.77. The fourth-order valence-corrected chi connectivity index (χ4v) is 5.07. The topological polar surface area (TPSA) is 32.5 Å². The van der Waals surface area contributed by atoms with Crippen LogP contribution in [0, 0.1) is 11.8 Å². The lowest BCUT2D eigenvalue weighted by atomic mass is 9.72. The molecule has 1 unspecified atom stereocenters. The molecular formula is C18H35N3. The van der Waals surface area contributed by atoms with Gasteiger partial charge >= 0.3 is 0 Å². The van der Waals surface area contributed by atoms with Gasteiger partial charge < -0.3 is 5.73 Å². The predicted octanol–water partition coefficient (Wildman–Crippen LogP) is 2.70. The SMILES string of the molecule is CC(C)C1CCC(CN)(N2CCC(N3CCCC3)C2)CC1. The Morgan fingerprint density at radius 3 is 2.29 bits per heavy atom. The van der Waals surface area contributed by atoms with Crippen molar-refractivity contribution in [3.63, 3.8) is 0 Å². The minimum absolute atomic E-state index is 0.333. The summed E-state index contributed by atoms with van der Waals surface area (Å²) in [6, 6.07) is 0.818. The van der Waals surface area contributed by atoms with E-state index in [1.807, 2.05) is 0 Å². The minimum Gasteiger partial charge on any atom is -0.329 e. The van der Waals surface area contributed by atoms with E-state index in [0.717, 1.165) is 24.4 Å². The Hall–Kier alpha value is -0.120. The van der Waals surface area contributed by atoms with Crippen LogP contribution in [0.1, 0.15) is 58.8 Å². The van der Waals surface area contributed by atoms with Crippen molar-refractivity contribution in [1.82, 2.24) is 9.80 Å². The second-order valence-corrected chi connectivity index (χ2v) is 8.14. The van der Waals surface area contributed by atoms with E-state index in [4.69, 9.17) is 5.73 Å². The van der Waals surface area contributed by atoms with E-state index in [9.17, 15) is 0 Å². The molecule has 122 valence electrons. The Balaban J connectivity index is 1.59. The largest absolute Gasteiger partial charge is 0.329 e. The van der Waals surface area contributed by atoms with Gasteiger partial charge in [0.2, 0.25) is 0 Å². The van der Waals surface area contributed by atoms with Crippen LogP contribution in [0.25, 0.3) is 0 Å². The number of hydrogen-bond donors (Lipinski definition) is 1. The van der Waals surface area contributed by atoms with Crippen LogP contribution in [0.4, 0.5) is 0 Å². The highest BCUT2D eigenvalue weighted by atomic mass is 15.3. The Morgan fingerprint density at radius 1 is 1.05 bits per heavy atom. The van der Waals surface area contributed by atoms with Crippen LogP contribution in [-0.2, 0) is 0 Å². The molecule has 2 heterocycles. The Morgan fingerprint density at radius 2 is 1.71 bits per heavy atom. The molecule has 0 radical (unpaired) electrons. The summed E-state index contributed by atoms with van der Waals surface area (Å²) in [5.41, 5.74) is 6.62. The van der Waals surface area contributed by atoms with Gasteiger partial charge in [0.05, 0.1) is 0 Å². The third kappa shape index (κ3) is 3.16. The van der Waals surface area contributed by atoms with Gasteiger partial charge in [-0.3, -0.25) is 9.80 Å². The van der Waals surface area contributed by atoms with E-state index in [-0.39, 0.29) is 0 Å². The Kier molecular flexibility index (Phi) is 4.92. The smallest absolute Gasteiger partial charge is 0.0332 e. The number of rotatable bonds is 4. The average molecular weight is 293 g/mol. The summed E-state index contributed by atoms with van der Waals surface area (Å²) in [6.45, 7) is 10.9. The first-order valence-corrected chi connectivity index (χ1v) is 9.34. The molecule has 3 aliphatic rings. The zero-order chi connectivity index (χ0) is 14.9. The van der Waals surface area contributed by atoms with Crippen LogP contribution < -0.4 is 5.73 Å². The van der Waals surface area contributed by atoms with E-state index < -0.39 is 0 Å².